The van der Waals surface area contributed by atoms with Crippen molar-refractivity contribution in [1.29, 1.82) is 0 Å². The Morgan fingerprint density at radius 1 is 1.31 bits per heavy atom. The molecule has 0 aromatic heterocycles. The minimum atomic E-state index is -0.192. The molecule has 0 aliphatic carbocycles. The zero-order valence-electron chi connectivity index (χ0n) is 8.68. The average molecular weight is 217 g/mol. The van der Waals surface area contributed by atoms with Gasteiger partial charge in [0.15, 0.2) is 0 Å². The highest BCUT2D eigenvalue weighted by atomic mass is 16.6. The molecule has 1 unspecified atom stereocenters. The molecular formula is C12H11NO3. The number of carbonyl (C=O) groups is 2. The van der Waals surface area contributed by atoms with E-state index in [1.165, 1.54) is 4.90 Å². The Hall–Kier alpha value is -1.68. The van der Waals surface area contributed by atoms with E-state index < -0.39 is 0 Å². The molecular weight excluding hydrogens is 206 g/mol. The maximum Gasteiger partial charge on any atom is 0.260 e. The van der Waals surface area contributed by atoms with Crippen LogP contribution in [0.4, 0.5) is 0 Å². The van der Waals surface area contributed by atoms with E-state index in [0.29, 0.717) is 25.1 Å². The van der Waals surface area contributed by atoms with Crippen molar-refractivity contribution in [2.75, 3.05) is 13.2 Å². The summed E-state index contributed by atoms with van der Waals surface area (Å²) in [5.41, 5.74) is 1.47. The normalized spacial score (nSPS) is 23.2. The lowest BCUT2D eigenvalue weighted by Crippen LogP contribution is -2.44. The van der Waals surface area contributed by atoms with Gasteiger partial charge in [0.1, 0.15) is 0 Å². The molecule has 2 aliphatic rings. The van der Waals surface area contributed by atoms with E-state index in [4.69, 9.17) is 4.74 Å². The Morgan fingerprint density at radius 2 is 2.06 bits per heavy atom. The molecule has 4 nitrogen and oxygen atoms in total. The van der Waals surface area contributed by atoms with Gasteiger partial charge in [0.2, 0.25) is 5.91 Å². The summed E-state index contributed by atoms with van der Waals surface area (Å²) in [6, 6.07) is 7.26. The lowest BCUT2D eigenvalue weighted by molar-refractivity contribution is -0.128. The first-order valence-electron chi connectivity index (χ1n) is 5.30. The molecule has 0 N–H and O–H groups in total. The van der Waals surface area contributed by atoms with Crippen LogP contribution in [0.25, 0.3) is 0 Å². The van der Waals surface area contributed by atoms with Gasteiger partial charge in [-0.15, -0.1) is 0 Å². The summed E-state index contributed by atoms with van der Waals surface area (Å²) in [7, 11) is 0. The van der Waals surface area contributed by atoms with Crippen LogP contribution in [0.15, 0.2) is 24.3 Å². The van der Waals surface area contributed by atoms with Crippen molar-refractivity contribution in [2.24, 2.45) is 0 Å². The van der Waals surface area contributed by atoms with E-state index in [2.05, 4.69) is 0 Å². The minimum absolute atomic E-state index is 0.0539. The summed E-state index contributed by atoms with van der Waals surface area (Å²) in [6.45, 7) is 1.05. The zero-order chi connectivity index (χ0) is 11.1. The Kier molecular flexibility index (Phi) is 2.04. The number of imide groups is 1. The van der Waals surface area contributed by atoms with Crippen molar-refractivity contribution in [3.05, 3.63) is 35.4 Å². The Labute approximate surface area is 92.8 Å². The van der Waals surface area contributed by atoms with Gasteiger partial charge in [0.25, 0.3) is 5.91 Å². The van der Waals surface area contributed by atoms with Crippen LogP contribution in [0.2, 0.25) is 0 Å². The summed E-state index contributed by atoms with van der Waals surface area (Å²) in [5.74, 6) is -0.318. The second kappa shape index (κ2) is 3.42. The second-order valence-corrected chi connectivity index (χ2v) is 4.10. The van der Waals surface area contributed by atoms with Crippen LogP contribution in [-0.4, -0.2) is 36.0 Å². The van der Waals surface area contributed by atoms with Crippen LogP contribution in [0.1, 0.15) is 15.9 Å². The predicted octanol–water partition coefficient (Wildman–Crippen LogP) is 0.610. The number of benzene rings is 1. The number of carbonyl (C=O) groups excluding carboxylic acids is 2. The summed E-state index contributed by atoms with van der Waals surface area (Å²) in [5, 5.41) is 0. The van der Waals surface area contributed by atoms with Gasteiger partial charge in [-0.1, -0.05) is 18.2 Å². The molecule has 0 spiro atoms. The van der Waals surface area contributed by atoms with E-state index in [1.807, 2.05) is 18.2 Å². The van der Waals surface area contributed by atoms with E-state index in [-0.39, 0.29) is 17.9 Å². The molecule has 2 aliphatic heterocycles. The average Bonchev–Trinajstić information content (AvgIpc) is 3.08. The molecule has 0 radical (unpaired) electrons. The third kappa shape index (κ3) is 1.51. The Morgan fingerprint density at radius 3 is 2.81 bits per heavy atom. The summed E-state index contributed by atoms with van der Waals surface area (Å²) < 4.78 is 5.05. The topological polar surface area (TPSA) is 49.9 Å². The number of rotatable bonds is 2. The van der Waals surface area contributed by atoms with Gasteiger partial charge in [-0.25, -0.2) is 0 Å². The molecule has 2 amide bonds. The number of epoxide rings is 1. The zero-order valence-corrected chi connectivity index (χ0v) is 8.68. The van der Waals surface area contributed by atoms with Crippen molar-refractivity contribution in [3.8, 4) is 0 Å². The standard InChI is InChI=1S/C12H11NO3/c14-11-5-8-3-1-2-4-10(8)12(15)13(11)6-9-7-16-9/h1-4,9H,5-7H2. The molecule has 1 atom stereocenters. The molecule has 1 saturated heterocycles. The summed E-state index contributed by atoms with van der Waals surface area (Å²) >= 11 is 0. The van der Waals surface area contributed by atoms with Crippen molar-refractivity contribution >= 4 is 11.8 Å². The molecule has 1 aromatic carbocycles. The number of amides is 2. The number of hydrogen-bond acceptors (Lipinski definition) is 3. The van der Waals surface area contributed by atoms with Crippen LogP contribution in [-0.2, 0) is 16.0 Å². The van der Waals surface area contributed by atoms with Crippen LogP contribution in [0, 0.1) is 0 Å². The Balaban J connectivity index is 1.93. The smallest absolute Gasteiger partial charge is 0.260 e. The highest BCUT2D eigenvalue weighted by Gasteiger charge is 2.35. The van der Waals surface area contributed by atoms with Crippen molar-refractivity contribution in [2.45, 2.75) is 12.5 Å². The third-order valence-corrected chi connectivity index (χ3v) is 2.92. The molecule has 1 fully saturated rings. The fourth-order valence-electron chi connectivity index (χ4n) is 1.96. The second-order valence-electron chi connectivity index (χ2n) is 4.10. The van der Waals surface area contributed by atoms with Gasteiger partial charge in [0, 0.05) is 5.56 Å². The molecule has 3 rings (SSSR count). The van der Waals surface area contributed by atoms with E-state index in [1.54, 1.807) is 6.07 Å². The van der Waals surface area contributed by atoms with Gasteiger partial charge in [-0.3, -0.25) is 14.5 Å². The fraction of sp³-hybridized carbons (Fsp3) is 0.333. The van der Waals surface area contributed by atoms with E-state index >= 15 is 0 Å². The van der Waals surface area contributed by atoms with Crippen molar-refractivity contribution in [1.82, 2.24) is 4.90 Å². The van der Waals surface area contributed by atoms with Crippen LogP contribution in [0.5, 0.6) is 0 Å². The molecule has 0 saturated carbocycles. The van der Waals surface area contributed by atoms with Gasteiger partial charge < -0.3 is 4.74 Å². The van der Waals surface area contributed by atoms with Crippen molar-refractivity contribution < 1.29 is 14.3 Å². The first-order valence-corrected chi connectivity index (χ1v) is 5.30. The molecule has 4 heteroatoms. The monoisotopic (exact) mass is 217 g/mol. The first kappa shape index (κ1) is 9.54. The van der Waals surface area contributed by atoms with Gasteiger partial charge in [-0.2, -0.15) is 0 Å². The maximum absolute atomic E-state index is 12.0. The van der Waals surface area contributed by atoms with E-state index in [0.717, 1.165) is 5.56 Å². The Bertz CT molecular complexity index is 465. The van der Waals surface area contributed by atoms with Gasteiger partial charge in [-0.05, 0) is 11.6 Å². The number of ether oxygens (including phenoxy) is 1. The maximum atomic E-state index is 12.0. The number of hydrogen-bond donors (Lipinski definition) is 0. The lowest BCUT2D eigenvalue weighted by Gasteiger charge is -2.26. The number of fused-ring (bicyclic) bond motifs is 1. The molecule has 1 aromatic rings. The van der Waals surface area contributed by atoms with Gasteiger partial charge in [0.05, 0.1) is 25.7 Å². The first-order chi connectivity index (χ1) is 7.75. The van der Waals surface area contributed by atoms with E-state index in [9.17, 15) is 9.59 Å². The predicted molar refractivity (Wildman–Crippen MR) is 55.9 cm³/mol. The van der Waals surface area contributed by atoms with Crippen molar-refractivity contribution in [3.63, 3.8) is 0 Å². The quantitative estimate of drug-likeness (QED) is 0.538. The summed E-state index contributed by atoms with van der Waals surface area (Å²) in [4.78, 5) is 25.1. The fourth-order valence-corrected chi connectivity index (χ4v) is 1.96. The summed E-state index contributed by atoms with van der Waals surface area (Å²) in [6.07, 6.45) is 0.368. The molecule has 82 valence electrons. The van der Waals surface area contributed by atoms with Crippen LogP contribution < -0.4 is 0 Å². The largest absolute Gasteiger partial charge is 0.371 e. The molecule has 2 heterocycles. The highest BCUT2D eigenvalue weighted by molar-refractivity contribution is 6.09. The third-order valence-electron chi connectivity index (χ3n) is 2.92. The molecule has 0 bridgehead atoms. The molecule has 16 heavy (non-hydrogen) atoms. The highest BCUT2D eigenvalue weighted by Crippen LogP contribution is 2.21. The lowest BCUT2D eigenvalue weighted by atomic mass is 9.98. The van der Waals surface area contributed by atoms with Crippen LogP contribution >= 0.6 is 0 Å². The minimum Gasteiger partial charge on any atom is -0.371 e. The number of nitrogens with zero attached hydrogens (tertiary/aromatic N) is 1. The van der Waals surface area contributed by atoms with Gasteiger partial charge >= 0.3 is 0 Å². The SMILES string of the molecule is O=C1Cc2ccccc2C(=O)N1CC1CO1. The van der Waals surface area contributed by atoms with Crippen LogP contribution in [0.3, 0.4) is 0 Å².